The lowest BCUT2D eigenvalue weighted by molar-refractivity contribution is -0.124. The molecule has 1 fully saturated rings. The van der Waals surface area contributed by atoms with Gasteiger partial charge in [0.2, 0.25) is 5.91 Å². The average molecular weight is 316 g/mol. The fraction of sp³-hybridized carbons (Fsp3) is 0.429. The minimum Gasteiger partial charge on any atom is -0.478 e. The predicted octanol–water partition coefficient (Wildman–Crippen LogP) is 4.21. The molecular weight excluding hydrogens is 301 g/mol. The van der Waals surface area contributed by atoms with Crippen LogP contribution >= 0.6 is 23.2 Å². The molecule has 0 aliphatic heterocycles. The van der Waals surface area contributed by atoms with Gasteiger partial charge in [0.05, 0.1) is 16.3 Å². The van der Waals surface area contributed by atoms with Crippen LogP contribution in [-0.4, -0.2) is 17.0 Å². The monoisotopic (exact) mass is 315 g/mol. The molecule has 1 aliphatic carbocycles. The number of carbonyl (C=O) groups is 2. The number of anilines is 1. The fourth-order valence-corrected chi connectivity index (χ4v) is 3.06. The summed E-state index contributed by atoms with van der Waals surface area (Å²) in [5.41, 5.74) is -0.446. The molecule has 1 aromatic rings. The average Bonchev–Trinajstić information content (AvgIpc) is 2.80. The van der Waals surface area contributed by atoms with Crippen LogP contribution in [0.15, 0.2) is 12.1 Å². The van der Waals surface area contributed by atoms with Crippen LogP contribution < -0.4 is 5.32 Å². The van der Waals surface area contributed by atoms with Crippen LogP contribution in [0.4, 0.5) is 5.69 Å². The summed E-state index contributed by atoms with van der Waals surface area (Å²) in [5.74, 6) is -1.37. The van der Waals surface area contributed by atoms with Crippen molar-refractivity contribution in [2.24, 2.45) is 5.41 Å². The molecule has 0 spiro atoms. The van der Waals surface area contributed by atoms with Crippen molar-refractivity contribution in [2.75, 3.05) is 5.32 Å². The Morgan fingerprint density at radius 1 is 1.25 bits per heavy atom. The molecule has 2 N–H and O–H groups in total. The van der Waals surface area contributed by atoms with Gasteiger partial charge in [-0.3, -0.25) is 4.79 Å². The lowest BCUT2D eigenvalue weighted by atomic mass is 9.87. The Morgan fingerprint density at radius 2 is 1.85 bits per heavy atom. The van der Waals surface area contributed by atoms with Crippen LogP contribution in [0.1, 0.15) is 43.0 Å². The Kier molecular flexibility index (Phi) is 4.25. The first-order valence-corrected chi connectivity index (χ1v) is 7.13. The van der Waals surface area contributed by atoms with Crippen molar-refractivity contribution in [3.8, 4) is 0 Å². The summed E-state index contributed by atoms with van der Waals surface area (Å²) in [7, 11) is 0. The third-order valence-corrected chi connectivity index (χ3v) is 4.30. The number of carboxylic acids is 1. The number of rotatable bonds is 3. The van der Waals surface area contributed by atoms with Gasteiger partial charge in [0.15, 0.2) is 0 Å². The van der Waals surface area contributed by atoms with Gasteiger partial charge in [-0.05, 0) is 25.0 Å². The molecule has 1 amide bonds. The zero-order chi connectivity index (χ0) is 14.9. The summed E-state index contributed by atoms with van der Waals surface area (Å²) in [6.45, 7) is 1.89. The smallest absolute Gasteiger partial charge is 0.337 e. The van der Waals surface area contributed by atoms with Crippen molar-refractivity contribution < 1.29 is 14.7 Å². The Hall–Kier alpha value is -1.26. The topological polar surface area (TPSA) is 66.4 Å². The van der Waals surface area contributed by atoms with Gasteiger partial charge in [-0.15, -0.1) is 0 Å². The Morgan fingerprint density at radius 3 is 2.40 bits per heavy atom. The Bertz CT molecular complexity index is 566. The largest absolute Gasteiger partial charge is 0.478 e. The second-order valence-electron chi connectivity index (χ2n) is 5.34. The highest BCUT2D eigenvalue weighted by molar-refractivity contribution is 6.37. The van der Waals surface area contributed by atoms with E-state index in [1.54, 1.807) is 0 Å². The van der Waals surface area contributed by atoms with E-state index >= 15 is 0 Å². The van der Waals surface area contributed by atoms with Crippen molar-refractivity contribution in [3.63, 3.8) is 0 Å². The normalized spacial score (nSPS) is 16.9. The van der Waals surface area contributed by atoms with Crippen molar-refractivity contribution in [1.82, 2.24) is 0 Å². The maximum absolute atomic E-state index is 12.4. The quantitative estimate of drug-likeness (QED) is 0.878. The lowest BCUT2D eigenvalue weighted by Gasteiger charge is -2.23. The second kappa shape index (κ2) is 5.62. The summed E-state index contributed by atoms with van der Waals surface area (Å²) >= 11 is 11.8. The number of nitrogens with one attached hydrogen (secondary N) is 1. The van der Waals surface area contributed by atoms with Crippen LogP contribution in [0.3, 0.4) is 0 Å². The maximum Gasteiger partial charge on any atom is 0.337 e. The van der Waals surface area contributed by atoms with E-state index in [1.807, 2.05) is 6.92 Å². The van der Waals surface area contributed by atoms with Crippen molar-refractivity contribution in [3.05, 3.63) is 27.7 Å². The zero-order valence-electron chi connectivity index (χ0n) is 11.0. The van der Waals surface area contributed by atoms with E-state index in [2.05, 4.69) is 5.32 Å². The number of carbonyl (C=O) groups excluding carboxylic acids is 1. The molecule has 1 aromatic carbocycles. The Labute approximate surface area is 127 Å². The molecule has 0 unspecified atom stereocenters. The van der Waals surface area contributed by atoms with Crippen LogP contribution in [0.25, 0.3) is 0 Å². The van der Waals surface area contributed by atoms with Gasteiger partial charge in [0.1, 0.15) is 0 Å². The molecule has 0 heterocycles. The van der Waals surface area contributed by atoms with E-state index in [-0.39, 0.29) is 27.2 Å². The molecule has 2 rings (SSSR count). The first kappa shape index (κ1) is 15.1. The number of hydrogen-bond donors (Lipinski definition) is 2. The molecule has 1 saturated carbocycles. The molecule has 0 radical (unpaired) electrons. The van der Waals surface area contributed by atoms with E-state index in [1.165, 1.54) is 12.1 Å². The summed E-state index contributed by atoms with van der Waals surface area (Å²) in [5, 5.41) is 12.2. The minimum atomic E-state index is -1.18. The SMILES string of the molecule is CC1(C(=O)Nc2c(Cl)cc(Cl)cc2C(=O)O)CCCC1. The maximum atomic E-state index is 12.4. The molecular formula is C14H15Cl2NO3. The summed E-state index contributed by atoms with van der Waals surface area (Å²) in [4.78, 5) is 23.6. The van der Waals surface area contributed by atoms with E-state index in [9.17, 15) is 14.7 Å². The van der Waals surface area contributed by atoms with Gasteiger partial charge in [-0.2, -0.15) is 0 Å². The van der Waals surface area contributed by atoms with E-state index in [0.29, 0.717) is 0 Å². The molecule has 6 heteroatoms. The summed E-state index contributed by atoms with van der Waals surface area (Å²) < 4.78 is 0. The number of amides is 1. The first-order chi connectivity index (χ1) is 9.33. The van der Waals surface area contributed by atoms with Gasteiger partial charge < -0.3 is 10.4 Å². The first-order valence-electron chi connectivity index (χ1n) is 6.37. The highest BCUT2D eigenvalue weighted by Crippen LogP contribution is 2.39. The van der Waals surface area contributed by atoms with E-state index in [0.717, 1.165) is 25.7 Å². The predicted molar refractivity (Wildman–Crippen MR) is 78.6 cm³/mol. The zero-order valence-corrected chi connectivity index (χ0v) is 12.5. The second-order valence-corrected chi connectivity index (χ2v) is 6.18. The van der Waals surface area contributed by atoms with Crippen LogP contribution in [0, 0.1) is 5.41 Å². The van der Waals surface area contributed by atoms with E-state index in [4.69, 9.17) is 23.2 Å². The molecule has 20 heavy (non-hydrogen) atoms. The lowest BCUT2D eigenvalue weighted by Crippen LogP contribution is -2.31. The van der Waals surface area contributed by atoms with Gasteiger partial charge in [-0.1, -0.05) is 43.0 Å². The molecule has 0 aromatic heterocycles. The molecule has 4 nitrogen and oxygen atoms in total. The van der Waals surface area contributed by atoms with Crippen LogP contribution in [0.5, 0.6) is 0 Å². The van der Waals surface area contributed by atoms with Crippen LogP contribution in [-0.2, 0) is 4.79 Å². The summed E-state index contributed by atoms with van der Waals surface area (Å²) in [6, 6.07) is 2.70. The van der Waals surface area contributed by atoms with Gasteiger partial charge in [-0.25, -0.2) is 4.79 Å². The highest BCUT2D eigenvalue weighted by atomic mass is 35.5. The Balaban J connectivity index is 2.33. The minimum absolute atomic E-state index is 0.0996. The number of carboxylic acid groups (broad SMARTS) is 1. The van der Waals surface area contributed by atoms with Gasteiger partial charge >= 0.3 is 5.97 Å². The van der Waals surface area contributed by atoms with Crippen molar-refractivity contribution >= 4 is 40.8 Å². The van der Waals surface area contributed by atoms with Crippen molar-refractivity contribution in [1.29, 1.82) is 0 Å². The van der Waals surface area contributed by atoms with E-state index < -0.39 is 11.4 Å². The number of benzene rings is 1. The number of aromatic carboxylic acids is 1. The highest BCUT2D eigenvalue weighted by Gasteiger charge is 2.37. The third-order valence-electron chi connectivity index (χ3n) is 3.78. The number of hydrogen-bond acceptors (Lipinski definition) is 2. The van der Waals surface area contributed by atoms with Gasteiger partial charge in [0.25, 0.3) is 0 Å². The molecule has 1 aliphatic rings. The summed E-state index contributed by atoms with van der Waals surface area (Å²) in [6.07, 6.45) is 3.60. The molecule has 0 atom stereocenters. The third kappa shape index (κ3) is 2.91. The molecule has 108 valence electrons. The standard InChI is InChI=1S/C14H15Cl2NO3/c1-14(4-2-3-5-14)13(20)17-11-9(12(18)19)6-8(15)7-10(11)16/h6-7H,2-5H2,1H3,(H,17,20)(H,18,19). The van der Waals surface area contributed by atoms with Gasteiger partial charge in [0, 0.05) is 10.4 Å². The van der Waals surface area contributed by atoms with Crippen molar-refractivity contribution in [2.45, 2.75) is 32.6 Å². The van der Waals surface area contributed by atoms with Crippen LogP contribution in [0.2, 0.25) is 10.0 Å². The molecule has 0 saturated heterocycles. The number of halogens is 2. The molecule has 0 bridgehead atoms. The fourth-order valence-electron chi connectivity index (χ4n) is 2.52.